The van der Waals surface area contributed by atoms with Gasteiger partial charge in [-0.2, -0.15) is 8.78 Å². The normalized spacial score (nSPS) is 12.3. The third-order valence-corrected chi connectivity index (χ3v) is 2.83. The zero-order chi connectivity index (χ0) is 15.5. The second-order valence-electron chi connectivity index (χ2n) is 4.49. The molecule has 1 heterocycles. The summed E-state index contributed by atoms with van der Waals surface area (Å²) in [5, 5.41) is 0. The molecule has 0 aliphatic rings. The Balaban J connectivity index is 2.31. The number of methoxy groups -OCH3 is 1. The summed E-state index contributed by atoms with van der Waals surface area (Å²) < 4.78 is 31.3. The summed E-state index contributed by atoms with van der Waals surface area (Å²) in [6, 6.07) is 9.82. The fraction of sp³-hybridized carbons (Fsp3) is 0.200. The summed E-state index contributed by atoms with van der Waals surface area (Å²) >= 11 is 0. The molecule has 2 N–H and O–H groups in total. The first-order valence-corrected chi connectivity index (χ1v) is 6.23. The van der Waals surface area contributed by atoms with Crippen LogP contribution in [0.3, 0.4) is 0 Å². The number of para-hydroxylation sites is 1. The van der Waals surface area contributed by atoms with Crippen LogP contribution in [0, 0.1) is 0 Å². The number of benzene rings is 1. The lowest BCUT2D eigenvalue weighted by atomic mass is 10.2. The maximum atomic E-state index is 13.1. The lowest BCUT2D eigenvalue weighted by molar-refractivity contribution is 0.0128. The van der Waals surface area contributed by atoms with Gasteiger partial charge in [-0.25, -0.2) is 4.99 Å². The van der Waals surface area contributed by atoms with Gasteiger partial charge in [0.15, 0.2) is 0 Å². The third kappa shape index (κ3) is 3.53. The van der Waals surface area contributed by atoms with Crippen molar-refractivity contribution in [2.75, 3.05) is 7.11 Å². The number of ether oxygens (including phenoxy) is 1. The monoisotopic (exact) mass is 291 g/mol. The molecule has 2 aromatic rings. The van der Waals surface area contributed by atoms with Crippen molar-refractivity contribution < 1.29 is 13.5 Å². The molecular formula is C15H15F2N3O. The molecule has 0 saturated heterocycles. The van der Waals surface area contributed by atoms with Gasteiger partial charge in [0.2, 0.25) is 0 Å². The van der Waals surface area contributed by atoms with E-state index in [0.29, 0.717) is 17.0 Å². The molecule has 110 valence electrons. The third-order valence-electron chi connectivity index (χ3n) is 2.83. The van der Waals surface area contributed by atoms with Crippen LogP contribution in [0.2, 0.25) is 0 Å². The molecule has 0 aliphatic heterocycles. The van der Waals surface area contributed by atoms with E-state index in [1.165, 1.54) is 25.4 Å². The number of amidine groups is 1. The Morgan fingerprint density at radius 3 is 2.52 bits per heavy atom. The Labute approximate surface area is 121 Å². The average Bonchev–Trinajstić information content (AvgIpc) is 2.46. The van der Waals surface area contributed by atoms with Crippen LogP contribution >= 0.6 is 0 Å². The SMILES string of the molecule is COc1ccccc1C(N)=Nc1ccc(C(C)(F)F)nc1. The molecule has 0 fully saturated rings. The highest BCUT2D eigenvalue weighted by atomic mass is 19.3. The Morgan fingerprint density at radius 1 is 1.24 bits per heavy atom. The number of nitrogens with zero attached hydrogens (tertiary/aromatic N) is 2. The second-order valence-corrected chi connectivity index (χ2v) is 4.49. The number of rotatable bonds is 4. The molecule has 1 aromatic carbocycles. The van der Waals surface area contributed by atoms with E-state index in [4.69, 9.17) is 10.5 Å². The Kier molecular flexibility index (Phi) is 4.16. The molecule has 0 bridgehead atoms. The minimum atomic E-state index is -2.98. The first-order chi connectivity index (χ1) is 9.91. The van der Waals surface area contributed by atoms with Crippen LogP contribution < -0.4 is 10.5 Å². The summed E-state index contributed by atoms with van der Waals surface area (Å²) in [6.07, 6.45) is 1.26. The number of aromatic nitrogens is 1. The van der Waals surface area contributed by atoms with Crippen LogP contribution in [0.15, 0.2) is 47.6 Å². The smallest absolute Gasteiger partial charge is 0.286 e. The number of hydrogen-bond acceptors (Lipinski definition) is 3. The predicted octanol–water partition coefficient (Wildman–Crippen LogP) is 3.24. The highest BCUT2D eigenvalue weighted by molar-refractivity contribution is 6.01. The summed E-state index contributed by atoms with van der Waals surface area (Å²) in [5.41, 5.74) is 6.64. The summed E-state index contributed by atoms with van der Waals surface area (Å²) in [7, 11) is 1.53. The molecule has 0 radical (unpaired) electrons. The zero-order valence-corrected chi connectivity index (χ0v) is 11.7. The van der Waals surface area contributed by atoms with E-state index in [9.17, 15) is 8.78 Å². The molecule has 6 heteroatoms. The molecule has 0 saturated carbocycles. The van der Waals surface area contributed by atoms with E-state index >= 15 is 0 Å². The van der Waals surface area contributed by atoms with Gasteiger partial charge in [-0.05, 0) is 24.3 Å². The van der Waals surface area contributed by atoms with Crippen LogP contribution in [0.25, 0.3) is 0 Å². The van der Waals surface area contributed by atoms with E-state index in [-0.39, 0.29) is 11.5 Å². The van der Waals surface area contributed by atoms with Gasteiger partial charge in [-0.3, -0.25) is 4.98 Å². The molecule has 2 rings (SSSR count). The van der Waals surface area contributed by atoms with Crippen molar-refractivity contribution in [3.8, 4) is 5.75 Å². The lowest BCUT2D eigenvalue weighted by Crippen LogP contribution is -2.14. The Bertz CT molecular complexity index is 649. The fourth-order valence-electron chi connectivity index (χ4n) is 1.77. The van der Waals surface area contributed by atoms with Gasteiger partial charge in [-0.1, -0.05) is 12.1 Å². The van der Waals surface area contributed by atoms with Gasteiger partial charge in [0.1, 0.15) is 17.3 Å². The summed E-state index contributed by atoms with van der Waals surface area (Å²) in [4.78, 5) is 7.86. The first-order valence-electron chi connectivity index (χ1n) is 6.23. The number of pyridine rings is 1. The maximum absolute atomic E-state index is 13.1. The van der Waals surface area contributed by atoms with Gasteiger partial charge >= 0.3 is 0 Å². The van der Waals surface area contributed by atoms with Gasteiger partial charge in [0, 0.05) is 6.92 Å². The second kappa shape index (κ2) is 5.87. The number of alkyl halides is 2. The molecule has 1 aromatic heterocycles. The molecular weight excluding hydrogens is 276 g/mol. The van der Waals surface area contributed by atoms with Crippen LogP contribution in [0.1, 0.15) is 18.2 Å². The molecule has 4 nitrogen and oxygen atoms in total. The number of aliphatic imine (C=N–C) groups is 1. The van der Waals surface area contributed by atoms with Crippen LogP contribution in [0.4, 0.5) is 14.5 Å². The van der Waals surface area contributed by atoms with Crippen molar-refractivity contribution in [1.29, 1.82) is 0 Å². The maximum Gasteiger partial charge on any atom is 0.286 e. The van der Waals surface area contributed by atoms with Crippen LogP contribution in [-0.2, 0) is 5.92 Å². The minimum absolute atomic E-state index is 0.227. The number of hydrogen-bond donors (Lipinski definition) is 1. The van der Waals surface area contributed by atoms with Crippen molar-refractivity contribution in [3.05, 3.63) is 53.9 Å². The molecule has 0 amide bonds. The molecule has 21 heavy (non-hydrogen) atoms. The van der Waals surface area contributed by atoms with Crippen LogP contribution in [-0.4, -0.2) is 17.9 Å². The van der Waals surface area contributed by atoms with Crippen molar-refractivity contribution >= 4 is 11.5 Å². The van der Waals surface area contributed by atoms with E-state index in [1.54, 1.807) is 18.2 Å². The number of halogens is 2. The highest BCUT2D eigenvalue weighted by Crippen LogP contribution is 2.26. The van der Waals surface area contributed by atoms with Crippen molar-refractivity contribution in [1.82, 2.24) is 4.98 Å². The lowest BCUT2D eigenvalue weighted by Gasteiger charge is -2.09. The standard InChI is InChI=1S/C15H15F2N3O/c1-15(16,17)13-8-7-10(9-19-13)20-14(18)11-5-3-4-6-12(11)21-2/h3-9H,1-2H3,(H2,18,20). The van der Waals surface area contributed by atoms with Crippen molar-refractivity contribution in [3.63, 3.8) is 0 Å². The van der Waals surface area contributed by atoms with Gasteiger partial charge in [-0.15, -0.1) is 0 Å². The predicted molar refractivity (Wildman–Crippen MR) is 77.2 cm³/mol. The quantitative estimate of drug-likeness (QED) is 0.695. The Morgan fingerprint density at radius 2 is 1.95 bits per heavy atom. The van der Waals surface area contributed by atoms with Crippen LogP contribution in [0.5, 0.6) is 5.75 Å². The van der Waals surface area contributed by atoms with Gasteiger partial charge in [0.05, 0.1) is 24.6 Å². The first kappa shape index (κ1) is 14.9. The molecule has 0 unspecified atom stereocenters. The molecule has 0 aliphatic carbocycles. The average molecular weight is 291 g/mol. The van der Waals surface area contributed by atoms with Crippen molar-refractivity contribution in [2.24, 2.45) is 10.7 Å². The van der Waals surface area contributed by atoms with E-state index in [2.05, 4.69) is 9.98 Å². The Hall–Kier alpha value is -2.50. The summed E-state index contributed by atoms with van der Waals surface area (Å²) in [5.74, 6) is -2.16. The minimum Gasteiger partial charge on any atom is -0.496 e. The van der Waals surface area contributed by atoms with Gasteiger partial charge in [0.25, 0.3) is 5.92 Å². The van der Waals surface area contributed by atoms with E-state index in [1.807, 2.05) is 6.07 Å². The van der Waals surface area contributed by atoms with E-state index < -0.39 is 5.92 Å². The molecule has 0 spiro atoms. The number of nitrogens with two attached hydrogens (primary N) is 1. The topological polar surface area (TPSA) is 60.5 Å². The largest absolute Gasteiger partial charge is 0.496 e. The zero-order valence-electron chi connectivity index (χ0n) is 11.7. The highest BCUT2D eigenvalue weighted by Gasteiger charge is 2.25. The van der Waals surface area contributed by atoms with Gasteiger partial charge < -0.3 is 10.5 Å². The fourth-order valence-corrected chi connectivity index (χ4v) is 1.77. The summed E-state index contributed by atoms with van der Waals surface area (Å²) in [6.45, 7) is 0.793. The molecule has 0 atom stereocenters. The van der Waals surface area contributed by atoms with Crippen molar-refractivity contribution in [2.45, 2.75) is 12.8 Å². The van der Waals surface area contributed by atoms with E-state index in [0.717, 1.165) is 6.92 Å².